The Morgan fingerprint density at radius 2 is 1.74 bits per heavy atom. The maximum atomic E-state index is 9.64. The maximum absolute atomic E-state index is 9.64. The molecule has 0 atom stereocenters. The molecule has 0 spiro atoms. The normalized spacial score (nSPS) is 10.7. The van der Waals surface area contributed by atoms with Gasteiger partial charge in [0.15, 0.2) is 0 Å². The third kappa shape index (κ3) is 4.42. The fourth-order valence-electron chi connectivity index (χ4n) is 2.74. The summed E-state index contributed by atoms with van der Waals surface area (Å²) in [6.45, 7) is 4.94. The lowest BCUT2D eigenvalue weighted by Gasteiger charge is -2.16. The van der Waals surface area contributed by atoms with Gasteiger partial charge >= 0.3 is 0 Å². The van der Waals surface area contributed by atoms with Crippen molar-refractivity contribution in [2.24, 2.45) is 5.92 Å². The zero-order valence-corrected chi connectivity index (χ0v) is 16.6. The van der Waals surface area contributed by atoms with E-state index in [4.69, 9.17) is 28.2 Å². The number of aromatic nitrogens is 1. The van der Waals surface area contributed by atoms with Crippen LogP contribution in [0.5, 0.6) is 0 Å². The fourth-order valence-corrected chi connectivity index (χ4v) is 3.09. The van der Waals surface area contributed by atoms with Crippen molar-refractivity contribution < 1.29 is 0 Å². The van der Waals surface area contributed by atoms with Gasteiger partial charge in [-0.15, -0.1) is 0 Å². The smallest absolute Gasteiger partial charge is 0.144 e. The molecule has 5 heteroatoms. The molecule has 1 aromatic heterocycles. The highest BCUT2D eigenvalue weighted by Crippen LogP contribution is 2.37. The van der Waals surface area contributed by atoms with Gasteiger partial charge in [-0.1, -0.05) is 67.4 Å². The minimum atomic E-state index is 0.429. The molecular weight excluding hydrogens is 377 g/mol. The standard InChI is InChI=1S/C22H19Cl2N3/c1-14(2)13-26-22-16(12-25)11-19(15-7-9-17(23)10-8-15)21(27-22)18-5-3-4-6-20(18)24/h3-11,14H,13H2,1-2H3,(H,26,27). The molecule has 0 aliphatic rings. The average molecular weight is 396 g/mol. The number of hydrogen-bond donors (Lipinski definition) is 1. The van der Waals surface area contributed by atoms with E-state index in [2.05, 4.69) is 25.2 Å². The Bertz CT molecular complexity index is 989. The highest BCUT2D eigenvalue weighted by atomic mass is 35.5. The third-order valence-electron chi connectivity index (χ3n) is 4.10. The molecule has 3 rings (SSSR count). The van der Waals surface area contributed by atoms with Crippen molar-refractivity contribution in [2.75, 3.05) is 11.9 Å². The molecule has 0 radical (unpaired) electrons. The number of nitrogens with one attached hydrogen (secondary N) is 1. The lowest BCUT2D eigenvalue weighted by Crippen LogP contribution is -2.11. The van der Waals surface area contributed by atoms with Gasteiger partial charge in [0.2, 0.25) is 0 Å². The number of nitrogens with zero attached hydrogens (tertiary/aromatic N) is 2. The van der Waals surface area contributed by atoms with Crippen LogP contribution in [0, 0.1) is 17.2 Å². The van der Waals surface area contributed by atoms with Crippen LogP contribution in [0.1, 0.15) is 19.4 Å². The summed E-state index contributed by atoms with van der Waals surface area (Å²) in [6.07, 6.45) is 0. The van der Waals surface area contributed by atoms with E-state index in [9.17, 15) is 5.26 Å². The average Bonchev–Trinajstić information content (AvgIpc) is 2.67. The van der Waals surface area contributed by atoms with Crippen molar-refractivity contribution in [3.63, 3.8) is 0 Å². The Balaban J connectivity index is 2.23. The van der Waals surface area contributed by atoms with Gasteiger partial charge in [0.05, 0.1) is 11.3 Å². The summed E-state index contributed by atoms with van der Waals surface area (Å²) in [4.78, 5) is 4.79. The molecule has 3 aromatic rings. The van der Waals surface area contributed by atoms with Crippen molar-refractivity contribution in [1.82, 2.24) is 4.98 Å². The van der Waals surface area contributed by atoms with Crippen LogP contribution in [-0.2, 0) is 0 Å². The van der Waals surface area contributed by atoms with Crippen LogP contribution in [-0.4, -0.2) is 11.5 Å². The monoisotopic (exact) mass is 395 g/mol. The van der Waals surface area contributed by atoms with Crippen LogP contribution in [0.4, 0.5) is 5.82 Å². The van der Waals surface area contributed by atoms with Gasteiger partial charge in [0.25, 0.3) is 0 Å². The number of anilines is 1. The largest absolute Gasteiger partial charge is 0.369 e. The Morgan fingerprint density at radius 3 is 2.37 bits per heavy atom. The molecule has 0 saturated carbocycles. The van der Waals surface area contributed by atoms with Gasteiger partial charge in [-0.25, -0.2) is 4.98 Å². The number of pyridine rings is 1. The Kier molecular flexibility index (Phi) is 6.01. The molecule has 1 heterocycles. The first kappa shape index (κ1) is 19.2. The van der Waals surface area contributed by atoms with Gasteiger partial charge < -0.3 is 5.32 Å². The molecule has 27 heavy (non-hydrogen) atoms. The highest BCUT2D eigenvalue weighted by Gasteiger charge is 2.17. The SMILES string of the molecule is CC(C)CNc1nc(-c2ccccc2Cl)c(-c2ccc(Cl)cc2)cc1C#N. The highest BCUT2D eigenvalue weighted by molar-refractivity contribution is 6.33. The second-order valence-electron chi connectivity index (χ2n) is 6.65. The molecule has 0 aliphatic heterocycles. The number of nitriles is 1. The predicted octanol–water partition coefficient (Wildman–Crippen LogP) is 6.66. The molecule has 1 N–H and O–H groups in total. The van der Waals surface area contributed by atoms with Crippen LogP contribution in [0.2, 0.25) is 10.0 Å². The van der Waals surface area contributed by atoms with Gasteiger partial charge in [0.1, 0.15) is 11.9 Å². The lowest BCUT2D eigenvalue weighted by molar-refractivity contribution is 0.687. The first-order valence-corrected chi connectivity index (χ1v) is 9.45. The minimum Gasteiger partial charge on any atom is -0.369 e. The molecular formula is C22H19Cl2N3. The van der Waals surface area contributed by atoms with Crippen LogP contribution in [0.15, 0.2) is 54.6 Å². The number of halogens is 2. The van der Waals surface area contributed by atoms with E-state index >= 15 is 0 Å². The lowest BCUT2D eigenvalue weighted by atomic mass is 9.97. The third-order valence-corrected chi connectivity index (χ3v) is 4.69. The van der Waals surface area contributed by atoms with Gasteiger partial charge in [-0.05, 0) is 35.7 Å². The van der Waals surface area contributed by atoms with Crippen molar-refractivity contribution in [2.45, 2.75) is 13.8 Å². The van der Waals surface area contributed by atoms with Crippen molar-refractivity contribution in [3.8, 4) is 28.5 Å². The van der Waals surface area contributed by atoms with Crippen molar-refractivity contribution >= 4 is 29.0 Å². The molecule has 0 bridgehead atoms. The van der Waals surface area contributed by atoms with E-state index in [1.165, 1.54) is 0 Å². The zero-order chi connectivity index (χ0) is 19.4. The first-order valence-electron chi connectivity index (χ1n) is 8.69. The number of benzene rings is 2. The van der Waals surface area contributed by atoms with Gasteiger partial charge in [-0.2, -0.15) is 5.26 Å². The molecule has 0 saturated heterocycles. The summed E-state index contributed by atoms with van der Waals surface area (Å²) in [5.41, 5.74) is 3.81. The van der Waals surface area contributed by atoms with Crippen LogP contribution < -0.4 is 5.32 Å². The summed E-state index contributed by atoms with van der Waals surface area (Å²) in [5, 5.41) is 14.2. The zero-order valence-electron chi connectivity index (χ0n) is 15.1. The second kappa shape index (κ2) is 8.43. The first-order chi connectivity index (χ1) is 13.0. The van der Waals surface area contributed by atoms with Crippen molar-refractivity contribution in [1.29, 1.82) is 5.26 Å². The van der Waals surface area contributed by atoms with Crippen LogP contribution in [0.3, 0.4) is 0 Å². The summed E-state index contributed by atoms with van der Waals surface area (Å²) in [7, 11) is 0. The van der Waals surface area contributed by atoms with Crippen LogP contribution >= 0.6 is 23.2 Å². The van der Waals surface area contributed by atoms with E-state index in [1.54, 1.807) is 0 Å². The molecule has 0 fully saturated rings. The van der Waals surface area contributed by atoms with E-state index in [-0.39, 0.29) is 0 Å². The molecule has 2 aromatic carbocycles. The van der Waals surface area contributed by atoms with Gasteiger partial charge in [0, 0.05) is 27.7 Å². The molecule has 136 valence electrons. The van der Waals surface area contributed by atoms with Gasteiger partial charge in [-0.3, -0.25) is 0 Å². The van der Waals surface area contributed by atoms with E-state index in [0.717, 1.165) is 28.9 Å². The van der Waals surface area contributed by atoms with Crippen molar-refractivity contribution in [3.05, 3.63) is 70.2 Å². The maximum Gasteiger partial charge on any atom is 0.144 e. The van der Waals surface area contributed by atoms with Crippen LogP contribution in [0.25, 0.3) is 22.4 Å². The summed E-state index contributed by atoms with van der Waals surface area (Å²) < 4.78 is 0. The summed E-state index contributed by atoms with van der Waals surface area (Å²) >= 11 is 12.5. The Hall–Kier alpha value is -2.54. The second-order valence-corrected chi connectivity index (χ2v) is 7.50. The summed E-state index contributed by atoms with van der Waals surface area (Å²) in [6, 6.07) is 19.2. The Labute approximate surface area is 169 Å². The summed E-state index contributed by atoms with van der Waals surface area (Å²) in [5.74, 6) is 0.997. The quantitative estimate of drug-likeness (QED) is 0.524. The number of hydrogen-bond acceptors (Lipinski definition) is 3. The molecule has 0 amide bonds. The van der Waals surface area contributed by atoms with E-state index in [0.29, 0.717) is 27.3 Å². The number of rotatable bonds is 5. The predicted molar refractivity (Wildman–Crippen MR) is 113 cm³/mol. The fraction of sp³-hybridized carbons (Fsp3) is 0.182. The molecule has 0 unspecified atom stereocenters. The Morgan fingerprint density at radius 1 is 1.04 bits per heavy atom. The topological polar surface area (TPSA) is 48.7 Å². The van der Waals surface area contributed by atoms with E-state index < -0.39 is 0 Å². The molecule has 3 nitrogen and oxygen atoms in total. The van der Waals surface area contributed by atoms with E-state index in [1.807, 2.05) is 54.6 Å². The minimum absolute atomic E-state index is 0.429. The molecule has 0 aliphatic carbocycles.